The minimum Gasteiger partial charge on any atom is -0.489 e. The monoisotopic (exact) mass is 471 g/mol. The molecule has 0 unspecified atom stereocenters. The highest BCUT2D eigenvalue weighted by Gasteiger charge is 2.14. The van der Waals surface area contributed by atoms with Crippen LogP contribution in [0.5, 0.6) is 11.5 Å². The van der Waals surface area contributed by atoms with Crippen molar-refractivity contribution < 1.29 is 19.0 Å². The molecule has 35 heavy (non-hydrogen) atoms. The summed E-state index contributed by atoms with van der Waals surface area (Å²) < 4.78 is 19.2. The standard InChI is InChI=1S/C30H33NO4/c1-5-33-30(32)20-35-28-13-9-12-27-26(28)16-22(4)31(27)18-24-14-15-29(25(17-24)21(2)3)34-19-23-10-7-6-8-11-23/h6-17,21H,5,18-20H2,1-4H3. The normalized spacial score (nSPS) is 11.1. The number of rotatable bonds is 10. The third-order valence-electron chi connectivity index (χ3n) is 6.04. The fourth-order valence-electron chi connectivity index (χ4n) is 4.26. The topological polar surface area (TPSA) is 49.7 Å². The molecule has 0 radical (unpaired) electrons. The molecule has 0 atom stereocenters. The van der Waals surface area contributed by atoms with E-state index in [1.54, 1.807) is 6.92 Å². The number of hydrogen-bond acceptors (Lipinski definition) is 4. The fourth-order valence-corrected chi connectivity index (χ4v) is 4.26. The quantitative estimate of drug-likeness (QED) is 0.243. The Morgan fingerprint density at radius 2 is 1.69 bits per heavy atom. The molecule has 0 saturated carbocycles. The van der Waals surface area contributed by atoms with E-state index in [-0.39, 0.29) is 12.6 Å². The first-order chi connectivity index (χ1) is 17.0. The lowest BCUT2D eigenvalue weighted by Crippen LogP contribution is -2.14. The van der Waals surface area contributed by atoms with Gasteiger partial charge in [0.15, 0.2) is 6.61 Å². The average Bonchev–Trinajstić information content (AvgIpc) is 3.18. The Kier molecular flexibility index (Phi) is 7.76. The molecule has 4 aromatic rings. The Balaban J connectivity index is 1.56. The molecule has 0 spiro atoms. The van der Waals surface area contributed by atoms with Crippen LogP contribution in [0.3, 0.4) is 0 Å². The van der Waals surface area contributed by atoms with Crippen LogP contribution in [0.1, 0.15) is 49.1 Å². The van der Waals surface area contributed by atoms with Gasteiger partial charge in [0.05, 0.1) is 12.1 Å². The summed E-state index contributed by atoms with van der Waals surface area (Å²) in [5.74, 6) is 1.59. The molecule has 0 N–H and O–H groups in total. The zero-order valence-electron chi connectivity index (χ0n) is 20.9. The van der Waals surface area contributed by atoms with Crippen molar-refractivity contribution in [3.05, 3.63) is 95.2 Å². The van der Waals surface area contributed by atoms with Crippen molar-refractivity contribution in [2.24, 2.45) is 0 Å². The summed E-state index contributed by atoms with van der Waals surface area (Å²) in [7, 11) is 0. The number of carbonyl (C=O) groups excluding carboxylic acids is 1. The minimum atomic E-state index is -0.364. The van der Waals surface area contributed by atoms with Gasteiger partial charge < -0.3 is 18.8 Å². The highest BCUT2D eigenvalue weighted by atomic mass is 16.6. The van der Waals surface area contributed by atoms with Gasteiger partial charge in [0.1, 0.15) is 18.1 Å². The van der Waals surface area contributed by atoms with E-state index >= 15 is 0 Å². The molecule has 5 heteroatoms. The van der Waals surface area contributed by atoms with E-state index in [4.69, 9.17) is 14.2 Å². The minimum absolute atomic E-state index is 0.0978. The van der Waals surface area contributed by atoms with Gasteiger partial charge in [0, 0.05) is 17.6 Å². The molecule has 0 aliphatic heterocycles. The highest BCUT2D eigenvalue weighted by Crippen LogP contribution is 2.32. The smallest absolute Gasteiger partial charge is 0.344 e. The number of benzene rings is 3. The number of nitrogens with zero attached hydrogens (tertiary/aromatic N) is 1. The van der Waals surface area contributed by atoms with E-state index in [1.807, 2.05) is 30.3 Å². The molecule has 0 aliphatic rings. The van der Waals surface area contributed by atoms with Gasteiger partial charge in [0.2, 0.25) is 0 Å². The predicted molar refractivity (Wildman–Crippen MR) is 139 cm³/mol. The lowest BCUT2D eigenvalue weighted by Gasteiger charge is -2.17. The van der Waals surface area contributed by atoms with Gasteiger partial charge in [0.25, 0.3) is 0 Å². The van der Waals surface area contributed by atoms with Gasteiger partial charge in [-0.2, -0.15) is 0 Å². The summed E-state index contributed by atoms with van der Waals surface area (Å²) in [5, 5.41) is 0.987. The zero-order chi connectivity index (χ0) is 24.8. The van der Waals surface area contributed by atoms with Crippen molar-refractivity contribution in [1.82, 2.24) is 4.57 Å². The van der Waals surface area contributed by atoms with Crippen LogP contribution in [0, 0.1) is 6.92 Å². The lowest BCUT2D eigenvalue weighted by atomic mass is 9.99. The molecule has 182 valence electrons. The Bertz CT molecular complexity index is 1290. The number of ether oxygens (including phenoxy) is 3. The van der Waals surface area contributed by atoms with Crippen molar-refractivity contribution in [1.29, 1.82) is 0 Å². The van der Waals surface area contributed by atoms with Gasteiger partial charge in [-0.3, -0.25) is 0 Å². The molecule has 4 rings (SSSR count). The largest absolute Gasteiger partial charge is 0.489 e. The van der Waals surface area contributed by atoms with E-state index in [1.165, 1.54) is 11.1 Å². The molecule has 3 aromatic carbocycles. The molecule has 1 heterocycles. The Hall–Kier alpha value is -3.73. The second-order valence-corrected chi connectivity index (χ2v) is 8.96. The maximum absolute atomic E-state index is 11.7. The number of esters is 1. The second-order valence-electron chi connectivity index (χ2n) is 8.96. The van der Waals surface area contributed by atoms with Crippen molar-refractivity contribution >= 4 is 16.9 Å². The van der Waals surface area contributed by atoms with E-state index in [0.717, 1.165) is 34.5 Å². The van der Waals surface area contributed by atoms with Gasteiger partial charge in [-0.1, -0.05) is 62.4 Å². The van der Waals surface area contributed by atoms with Crippen molar-refractivity contribution in [3.63, 3.8) is 0 Å². The summed E-state index contributed by atoms with van der Waals surface area (Å²) >= 11 is 0. The number of carbonyl (C=O) groups is 1. The Labute approximate surface area is 207 Å². The van der Waals surface area contributed by atoms with Crippen LogP contribution in [0.25, 0.3) is 10.9 Å². The molecular formula is C30H33NO4. The molecule has 5 nitrogen and oxygen atoms in total. The average molecular weight is 472 g/mol. The molecule has 0 saturated heterocycles. The summed E-state index contributed by atoms with van der Waals surface area (Å²) in [6.07, 6.45) is 0. The van der Waals surface area contributed by atoms with E-state index < -0.39 is 0 Å². The first-order valence-electron chi connectivity index (χ1n) is 12.1. The van der Waals surface area contributed by atoms with E-state index in [9.17, 15) is 4.79 Å². The molecule has 0 fully saturated rings. The van der Waals surface area contributed by atoms with Crippen LogP contribution in [0.2, 0.25) is 0 Å². The molecule has 0 aliphatic carbocycles. The first-order valence-corrected chi connectivity index (χ1v) is 12.1. The Morgan fingerprint density at radius 3 is 2.43 bits per heavy atom. The maximum Gasteiger partial charge on any atom is 0.344 e. The highest BCUT2D eigenvalue weighted by molar-refractivity contribution is 5.88. The first kappa shape index (κ1) is 24.4. The van der Waals surface area contributed by atoms with E-state index in [2.05, 4.69) is 67.8 Å². The van der Waals surface area contributed by atoms with Crippen LogP contribution in [-0.4, -0.2) is 23.8 Å². The predicted octanol–water partition coefficient (Wildman–Crippen LogP) is 6.64. The molecular weight excluding hydrogens is 438 g/mol. The van der Waals surface area contributed by atoms with Crippen LogP contribution >= 0.6 is 0 Å². The van der Waals surface area contributed by atoms with Crippen molar-refractivity contribution in [2.45, 2.75) is 46.8 Å². The maximum atomic E-state index is 11.7. The molecule has 0 bridgehead atoms. The van der Waals surface area contributed by atoms with Crippen molar-refractivity contribution in [3.8, 4) is 11.5 Å². The number of aromatic nitrogens is 1. The molecule has 1 aromatic heterocycles. The number of fused-ring (bicyclic) bond motifs is 1. The van der Waals surface area contributed by atoms with E-state index in [0.29, 0.717) is 24.9 Å². The lowest BCUT2D eigenvalue weighted by molar-refractivity contribution is -0.145. The Morgan fingerprint density at radius 1 is 0.886 bits per heavy atom. The zero-order valence-corrected chi connectivity index (χ0v) is 20.9. The summed E-state index contributed by atoms with van der Waals surface area (Å²) in [6.45, 7) is 9.79. The van der Waals surface area contributed by atoms with Crippen LogP contribution in [0.15, 0.2) is 72.8 Å². The van der Waals surface area contributed by atoms with Gasteiger partial charge in [-0.05, 0) is 60.7 Å². The van der Waals surface area contributed by atoms with Crippen molar-refractivity contribution in [2.75, 3.05) is 13.2 Å². The summed E-state index contributed by atoms with van der Waals surface area (Å²) in [5.41, 5.74) is 5.76. The third kappa shape index (κ3) is 5.86. The number of hydrogen-bond donors (Lipinski definition) is 0. The second kappa shape index (κ2) is 11.1. The van der Waals surface area contributed by atoms with Crippen LogP contribution in [0.4, 0.5) is 0 Å². The fraction of sp³-hybridized carbons (Fsp3) is 0.300. The van der Waals surface area contributed by atoms with Crippen LogP contribution < -0.4 is 9.47 Å². The number of aryl methyl sites for hydroxylation is 1. The molecule has 0 amide bonds. The SMILES string of the molecule is CCOC(=O)COc1cccc2c1cc(C)n2Cc1ccc(OCc2ccccc2)c(C(C)C)c1. The van der Waals surface area contributed by atoms with Crippen LogP contribution in [-0.2, 0) is 22.7 Å². The van der Waals surface area contributed by atoms with Gasteiger partial charge >= 0.3 is 5.97 Å². The van der Waals surface area contributed by atoms with Gasteiger partial charge in [-0.15, -0.1) is 0 Å². The summed E-state index contributed by atoms with van der Waals surface area (Å²) in [4.78, 5) is 11.7. The summed E-state index contributed by atoms with van der Waals surface area (Å²) in [6, 6.07) is 24.7. The van der Waals surface area contributed by atoms with Gasteiger partial charge in [-0.25, -0.2) is 4.79 Å². The third-order valence-corrected chi connectivity index (χ3v) is 6.04.